The Kier molecular flexibility index (Phi) is 6.59. The number of sulfonamides is 1. The third kappa shape index (κ3) is 5.19. The zero-order valence-electron chi connectivity index (χ0n) is 21.8. The topological polar surface area (TPSA) is 123 Å². The molecule has 3 aromatic rings. The van der Waals surface area contributed by atoms with Crippen molar-refractivity contribution in [2.75, 3.05) is 11.6 Å². The minimum absolute atomic E-state index is 0.0373. The van der Waals surface area contributed by atoms with Crippen molar-refractivity contribution in [2.24, 2.45) is 11.1 Å². The van der Waals surface area contributed by atoms with Crippen molar-refractivity contribution in [1.82, 2.24) is 9.29 Å². The predicted octanol–water partition coefficient (Wildman–Crippen LogP) is 4.43. The number of carbonyl (C=O) groups is 2. The number of nitrogens with zero attached hydrogens (tertiary/aromatic N) is 1. The van der Waals surface area contributed by atoms with Crippen LogP contribution < -0.4 is 15.8 Å². The maximum absolute atomic E-state index is 14.3. The maximum atomic E-state index is 14.3. The molecule has 8 nitrogen and oxygen atoms in total. The first-order valence-electron chi connectivity index (χ1n) is 12.9. The van der Waals surface area contributed by atoms with Crippen LogP contribution in [0.25, 0.3) is 22.0 Å². The Balaban J connectivity index is 1.55. The molecule has 1 aliphatic carbocycles. The summed E-state index contributed by atoms with van der Waals surface area (Å²) in [4.78, 5) is 25.5. The zero-order chi connectivity index (χ0) is 27.4. The number of anilines is 1. The van der Waals surface area contributed by atoms with Gasteiger partial charge in [-0.15, -0.1) is 0 Å². The van der Waals surface area contributed by atoms with Gasteiger partial charge < -0.3 is 11.1 Å². The number of primary amides is 1. The molecule has 1 aromatic heterocycles. The molecule has 0 unspecified atom stereocenters. The molecule has 5 rings (SSSR count). The Labute approximate surface area is 221 Å². The van der Waals surface area contributed by atoms with Crippen molar-refractivity contribution in [3.05, 3.63) is 53.5 Å². The molecular weight excluding hydrogens is 507 g/mol. The number of halogens is 1. The standard InChI is InChI=1S/C28H33FN4O4S/c1-28(2)14-24-26(21-11-5-17(29)13-23(21)33(24)25(34)15-28)16-4-10-20(27(30)35)22(12-16)31-18-6-8-19(9-7-18)32-38(3,36)37/h4-5,10-13,18-19,31-32H,6-9,14-15H2,1-3H3,(H2,30,35). The van der Waals surface area contributed by atoms with Gasteiger partial charge in [0.1, 0.15) is 5.82 Å². The van der Waals surface area contributed by atoms with Crippen LogP contribution in [0.5, 0.6) is 0 Å². The summed E-state index contributed by atoms with van der Waals surface area (Å²) in [7, 11) is -3.27. The largest absolute Gasteiger partial charge is 0.382 e. The molecule has 202 valence electrons. The third-order valence-corrected chi connectivity index (χ3v) is 8.36. The zero-order valence-corrected chi connectivity index (χ0v) is 22.6. The molecule has 2 aromatic carbocycles. The molecule has 2 aliphatic rings. The van der Waals surface area contributed by atoms with E-state index in [1.54, 1.807) is 16.7 Å². The predicted molar refractivity (Wildman–Crippen MR) is 146 cm³/mol. The van der Waals surface area contributed by atoms with E-state index < -0.39 is 21.7 Å². The smallest absolute Gasteiger partial charge is 0.250 e. The van der Waals surface area contributed by atoms with Gasteiger partial charge >= 0.3 is 0 Å². The summed E-state index contributed by atoms with van der Waals surface area (Å²) in [5.74, 6) is -1.03. The van der Waals surface area contributed by atoms with Crippen LogP contribution >= 0.6 is 0 Å². The van der Waals surface area contributed by atoms with Gasteiger partial charge in [-0.3, -0.25) is 14.2 Å². The van der Waals surface area contributed by atoms with E-state index in [0.29, 0.717) is 42.5 Å². The summed E-state index contributed by atoms with van der Waals surface area (Å²) >= 11 is 0. The second kappa shape index (κ2) is 9.50. The van der Waals surface area contributed by atoms with E-state index in [4.69, 9.17) is 5.73 Å². The molecular formula is C28H33FN4O4S. The van der Waals surface area contributed by atoms with Crippen LogP contribution in [0, 0.1) is 11.2 Å². The molecule has 0 bridgehead atoms. The fourth-order valence-electron chi connectivity index (χ4n) is 6.00. The molecule has 0 spiro atoms. The Hall–Kier alpha value is -3.24. The van der Waals surface area contributed by atoms with E-state index in [2.05, 4.69) is 23.9 Å². The number of nitrogens with one attached hydrogen (secondary N) is 2. The Morgan fingerprint density at radius 3 is 2.39 bits per heavy atom. The lowest BCUT2D eigenvalue weighted by Crippen LogP contribution is -2.39. The molecule has 10 heteroatoms. The van der Waals surface area contributed by atoms with Crippen molar-refractivity contribution < 1.29 is 22.4 Å². The van der Waals surface area contributed by atoms with Gasteiger partial charge in [0.2, 0.25) is 15.9 Å². The van der Waals surface area contributed by atoms with Crippen molar-refractivity contribution in [2.45, 2.75) is 64.5 Å². The van der Waals surface area contributed by atoms with Crippen LogP contribution in [0.1, 0.15) is 66.8 Å². The first kappa shape index (κ1) is 26.4. The van der Waals surface area contributed by atoms with Gasteiger partial charge in [0.15, 0.2) is 0 Å². The summed E-state index contributed by atoms with van der Waals surface area (Å²) in [6, 6.07) is 9.82. The van der Waals surface area contributed by atoms with Crippen molar-refractivity contribution in [1.29, 1.82) is 0 Å². The molecule has 0 atom stereocenters. The van der Waals surface area contributed by atoms with Crippen LogP contribution in [-0.4, -0.2) is 43.1 Å². The fraction of sp³-hybridized carbons (Fsp3) is 0.429. The highest BCUT2D eigenvalue weighted by Gasteiger charge is 2.35. The number of rotatable bonds is 6. The van der Waals surface area contributed by atoms with E-state index in [-0.39, 0.29) is 23.4 Å². The number of nitrogens with two attached hydrogens (primary N) is 1. The van der Waals surface area contributed by atoms with Crippen molar-refractivity contribution >= 4 is 38.4 Å². The summed E-state index contributed by atoms with van der Waals surface area (Å²) in [5, 5.41) is 4.24. The first-order chi connectivity index (χ1) is 17.8. The molecule has 1 amide bonds. The van der Waals surface area contributed by atoms with Crippen LogP contribution in [0.15, 0.2) is 36.4 Å². The molecule has 1 fully saturated rings. The van der Waals surface area contributed by atoms with Gasteiger partial charge in [-0.25, -0.2) is 17.5 Å². The fourth-order valence-corrected chi connectivity index (χ4v) is 6.85. The quantitative estimate of drug-likeness (QED) is 0.427. The number of amides is 1. The van der Waals surface area contributed by atoms with Gasteiger partial charge in [-0.2, -0.15) is 0 Å². The molecule has 1 aliphatic heterocycles. The Bertz CT molecular complexity index is 1550. The summed E-state index contributed by atoms with van der Waals surface area (Å²) < 4.78 is 41.8. The van der Waals surface area contributed by atoms with Crippen LogP contribution in [0.4, 0.5) is 10.1 Å². The second-order valence-corrected chi connectivity index (χ2v) is 13.2. The van der Waals surface area contributed by atoms with Crippen LogP contribution in [0.3, 0.4) is 0 Å². The van der Waals surface area contributed by atoms with E-state index in [1.807, 2.05) is 12.1 Å². The average molecular weight is 541 g/mol. The minimum Gasteiger partial charge on any atom is -0.382 e. The van der Waals surface area contributed by atoms with Gasteiger partial charge in [-0.05, 0) is 73.4 Å². The molecule has 2 heterocycles. The second-order valence-electron chi connectivity index (χ2n) is 11.4. The number of fused-ring (bicyclic) bond motifs is 3. The lowest BCUT2D eigenvalue weighted by atomic mass is 9.80. The number of carbonyl (C=O) groups excluding carboxylic acids is 2. The summed E-state index contributed by atoms with van der Waals surface area (Å²) in [6.45, 7) is 4.10. The SMILES string of the molecule is CC1(C)CC(=O)n2c(c(-c3ccc(C(N)=O)c(NC4CCC(NS(C)(=O)=O)CC4)c3)c3ccc(F)cc32)C1. The number of hydrogen-bond donors (Lipinski definition) is 3. The number of benzene rings is 2. The lowest BCUT2D eigenvalue weighted by Gasteiger charge is -2.31. The first-order valence-corrected chi connectivity index (χ1v) is 14.7. The highest BCUT2D eigenvalue weighted by Crippen LogP contribution is 2.43. The summed E-state index contributed by atoms with van der Waals surface area (Å²) in [6.07, 6.45) is 4.97. The monoisotopic (exact) mass is 540 g/mol. The van der Waals surface area contributed by atoms with Crippen molar-refractivity contribution in [3.8, 4) is 11.1 Å². The molecule has 4 N–H and O–H groups in total. The van der Waals surface area contributed by atoms with Crippen LogP contribution in [-0.2, 0) is 16.4 Å². The minimum atomic E-state index is -3.27. The van der Waals surface area contributed by atoms with E-state index in [1.165, 1.54) is 12.1 Å². The molecule has 0 saturated heterocycles. The maximum Gasteiger partial charge on any atom is 0.250 e. The number of hydrogen-bond acceptors (Lipinski definition) is 5. The third-order valence-electron chi connectivity index (χ3n) is 7.59. The Morgan fingerprint density at radius 1 is 1.05 bits per heavy atom. The van der Waals surface area contributed by atoms with Gasteiger partial charge in [-0.1, -0.05) is 19.9 Å². The Morgan fingerprint density at radius 2 is 1.74 bits per heavy atom. The van der Waals surface area contributed by atoms with Gasteiger partial charge in [0.05, 0.1) is 17.3 Å². The lowest BCUT2D eigenvalue weighted by molar-refractivity contribution is 0.0816. The van der Waals surface area contributed by atoms with Crippen molar-refractivity contribution in [3.63, 3.8) is 0 Å². The molecule has 1 saturated carbocycles. The highest BCUT2D eigenvalue weighted by molar-refractivity contribution is 7.88. The highest BCUT2D eigenvalue weighted by atomic mass is 32.2. The van der Waals surface area contributed by atoms with E-state index in [0.717, 1.165) is 41.3 Å². The molecule has 38 heavy (non-hydrogen) atoms. The van der Waals surface area contributed by atoms with E-state index in [9.17, 15) is 22.4 Å². The van der Waals surface area contributed by atoms with Crippen LogP contribution in [0.2, 0.25) is 0 Å². The van der Waals surface area contributed by atoms with Gasteiger partial charge in [0.25, 0.3) is 5.91 Å². The summed E-state index contributed by atoms with van der Waals surface area (Å²) in [5.41, 5.74) is 9.43. The average Bonchev–Trinajstić information content (AvgIpc) is 3.11. The van der Waals surface area contributed by atoms with Gasteiger partial charge in [0, 0.05) is 40.8 Å². The molecule has 0 radical (unpaired) electrons. The van der Waals surface area contributed by atoms with E-state index >= 15 is 0 Å². The normalized spacial score (nSPS) is 21.3. The number of aromatic nitrogens is 1.